The standard InChI is InChI=1S/C21H28N2O5S/c1-3-4-6-15-21(25)28-16-20(24)22-18-13-9-10-14-19(18)29(26,27)23(2)17-11-7-5-8-12-17/h3-4,6,9-10,13-15,17H,5,7-8,11-12,16H2,1-2H3,(H,22,24). The highest BCUT2D eigenvalue weighted by Crippen LogP contribution is 2.29. The molecule has 0 heterocycles. The molecule has 8 heteroatoms. The van der Waals surface area contributed by atoms with Gasteiger partial charge in [0.15, 0.2) is 6.61 Å². The normalized spacial score (nSPS) is 15.8. The van der Waals surface area contributed by atoms with Crippen LogP contribution in [0.15, 0.2) is 53.5 Å². The van der Waals surface area contributed by atoms with Crippen LogP contribution < -0.4 is 5.32 Å². The van der Waals surface area contributed by atoms with Crippen molar-refractivity contribution in [1.29, 1.82) is 0 Å². The van der Waals surface area contributed by atoms with E-state index in [2.05, 4.69) is 5.32 Å². The van der Waals surface area contributed by atoms with Gasteiger partial charge < -0.3 is 10.1 Å². The first-order valence-electron chi connectivity index (χ1n) is 9.69. The van der Waals surface area contributed by atoms with E-state index in [1.54, 1.807) is 38.3 Å². The molecule has 0 saturated heterocycles. The zero-order valence-corrected chi connectivity index (χ0v) is 17.7. The zero-order chi connectivity index (χ0) is 21.3. The monoisotopic (exact) mass is 420 g/mol. The van der Waals surface area contributed by atoms with Gasteiger partial charge in [-0.25, -0.2) is 13.2 Å². The molecule has 2 rings (SSSR count). The molecule has 1 aliphatic carbocycles. The van der Waals surface area contributed by atoms with E-state index in [-0.39, 0.29) is 16.6 Å². The molecule has 158 valence electrons. The predicted octanol–water partition coefficient (Wildman–Crippen LogP) is 3.25. The molecular formula is C21H28N2O5S. The molecule has 0 aromatic heterocycles. The topological polar surface area (TPSA) is 92.8 Å². The molecule has 1 fully saturated rings. The summed E-state index contributed by atoms with van der Waals surface area (Å²) in [6.07, 6.45) is 10.9. The van der Waals surface area contributed by atoms with Crippen molar-refractivity contribution in [2.24, 2.45) is 0 Å². The van der Waals surface area contributed by atoms with Crippen LogP contribution in [0.1, 0.15) is 39.0 Å². The number of nitrogens with one attached hydrogen (secondary N) is 1. The lowest BCUT2D eigenvalue weighted by Crippen LogP contribution is -2.38. The molecule has 0 atom stereocenters. The van der Waals surface area contributed by atoms with Crippen molar-refractivity contribution in [3.8, 4) is 0 Å². The van der Waals surface area contributed by atoms with Crippen LogP contribution in [0, 0.1) is 0 Å². The number of carbonyl (C=O) groups is 2. The van der Waals surface area contributed by atoms with Crippen LogP contribution in [0.5, 0.6) is 0 Å². The average Bonchev–Trinajstić information content (AvgIpc) is 2.73. The summed E-state index contributed by atoms with van der Waals surface area (Å²) in [7, 11) is -2.18. The van der Waals surface area contributed by atoms with Gasteiger partial charge in [0.2, 0.25) is 10.0 Å². The molecule has 1 saturated carbocycles. The summed E-state index contributed by atoms with van der Waals surface area (Å²) in [6, 6.07) is 6.20. The number of hydrogen-bond donors (Lipinski definition) is 1. The fraction of sp³-hybridized carbons (Fsp3) is 0.429. The van der Waals surface area contributed by atoms with Gasteiger partial charge in [0.25, 0.3) is 5.91 Å². The van der Waals surface area contributed by atoms with E-state index in [9.17, 15) is 18.0 Å². The van der Waals surface area contributed by atoms with Gasteiger partial charge in [-0.1, -0.05) is 49.6 Å². The highest BCUT2D eigenvalue weighted by atomic mass is 32.2. The number of para-hydroxylation sites is 1. The van der Waals surface area contributed by atoms with Gasteiger partial charge in [-0.05, 0) is 31.9 Å². The molecule has 0 unspecified atom stereocenters. The van der Waals surface area contributed by atoms with Crippen LogP contribution in [0.3, 0.4) is 0 Å². The largest absolute Gasteiger partial charge is 0.452 e. The number of sulfonamides is 1. The van der Waals surface area contributed by atoms with Gasteiger partial charge in [-0.2, -0.15) is 4.31 Å². The number of amides is 1. The second-order valence-corrected chi connectivity index (χ2v) is 8.82. The lowest BCUT2D eigenvalue weighted by Gasteiger charge is -2.30. The Labute approximate surface area is 172 Å². The first kappa shape index (κ1) is 22.8. The molecule has 7 nitrogen and oxygen atoms in total. The third-order valence-corrected chi connectivity index (χ3v) is 6.76. The Morgan fingerprint density at radius 2 is 1.86 bits per heavy atom. The number of benzene rings is 1. The number of allylic oxidation sites excluding steroid dienone is 3. The fourth-order valence-electron chi connectivity index (χ4n) is 3.21. The molecule has 1 aromatic carbocycles. The summed E-state index contributed by atoms with van der Waals surface area (Å²) in [6.45, 7) is 1.30. The Kier molecular flexibility index (Phi) is 8.60. The number of ether oxygens (including phenoxy) is 1. The van der Waals surface area contributed by atoms with E-state index in [1.165, 1.54) is 28.6 Å². The number of anilines is 1. The van der Waals surface area contributed by atoms with Crippen molar-refractivity contribution in [2.45, 2.75) is 50.0 Å². The van der Waals surface area contributed by atoms with Crippen molar-refractivity contribution < 1.29 is 22.7 Å². The number of nitrogens with zero attached hydrogens (tertiary/aromatic N) is 1. The zero-order valence-electron chi connectivity index (χ0n) is 16.8. The van der Waals surface area contributed by atoms with Gasteiger partial charge in [-0.3, -0.25) is 4.79 Å². The molecule has 0 bridgehead atoms. The van der Waals surface area contributed by atoms with E-state index in [1.807, 2.05) is 0 Å². The molecule has 0 radical (unpaired) electrons. The summed E-state index contributed by atoms with van der Waals surface area (Å²) in [5.74, 6) is -1.27. The van der Waals surface area contributed by atoms with Gasteiger partial charge in [-0.15, -0.1) is 0 Å². The van der Waals surface area contributed by atoms with E-state index >= 15 is 0 Å². The Morgan fingerprint density at radius 1 is 1.17 bits per heavy atom. The smallest absolute Gasteiger partial charge is 0.331 e. The SMILES string of the molecule is CC=CC=CC(=O)OCC(=O)Nc1ccccc1S(=O)(=O)N(C)C1CCCCC1. The Morgan fingerprint density at radius 3 is 2.55 bits per heavy atom. The molecule has 29 heavy (non-hydrogen) atoms. The lowest BCUT2D eigenvalue weighted by atomic mass is 9.96. The van der Waals surface area contributed by atoms with E-state index in [0.29, 0.717) is 0 Å². The highest BCUT2D eigenvalue weighted by Gasteiger charge is 2.31. The van der Waals surface area contributed by atoms with Crippen LogP contribution in [-0.2, 0) is 24.3 Å². The van der Waals surface area contributed by atoms with Crippen LogP contribution >= 0.6 is 0 Å². The predicted molar refractivity (Wildman–Crippen MR) is 112 cm³/mol. The van der Waals surface area contributed by atoms with Crippen molar-refractivity contribution >= 4 is 27.6 Å². The molecule has 1 aliphatic rings. The van der Waals surface area contributed by atoms with Crippen LogP contribution in [-0.4, -0.2) is 44.3 Å². The van der Waals surface area contributed by atoms with Crippen molar-refractivity contribution in [2.75, 3.05) is 19.0 Å². The van der Waals surface area contributed by atoms with Gasteiger partial charge in [0.05, 0.1) is 5.69 Å². The number of rotatable bonds is 8. The second-order valence-electron chi connectivity index (χ2n) is 6.85. The molecule has 1 amide bonds. The molecule has 0 aliphatic heterocycles. The van der Waals surface area contributed by atoms with Crippen molar-refractivity contribution in [1.82, 2.24) is 4.31 Å². The van der Waals surface area contributed by atoms with Gasteiger partial charge >= 0.3 is 5.97 Å². The lowest BCUT2D eigenvalue weighted by molar-refractivity contribution is -0.142. The minimum Gasteiger partial charge on any atom is -0.452 e. The van der Waals surface area contributed by atoms with E-state index < -0.39 is 28.5 Å². The second kappa shape index (κ2) is 10.9. The number of esters is 1. The molecular weight excluding hydrogens is 392 g/mol. The third-order valence-electron chi connectivity index (χ3n) is 4.79. The van der Waals surface area contributed by atoms with Crippen LogP contribution in [0.4, 0.5) is 5.69 Å². The highest BCUT2D eigenvalue weighted by molar-refractivity contribution is 7.89. The molecule has 1 N–H and O–H groups in total. The Balaban J connectivity index is 2.07. The maximum Gasteiger partial charge on any atom is 0.331 e. The first-order valence-corrected chi connectivity index (χ1v) is 11.1. The van der Waals surface area contributed by atoms with E-state index in [4.69, 9.17) is 4.74 Å². The minimum absolute atomic E-state index is 0.0285. The Bertz CT molecular complexity index is 871. The van der Waals surface area contributed by atoms with E-state index in [0.717, 1.165) is 32.1 Å². The quantitative estimate of drug-likeness (QED) is 0.396. The summed E-state index contributed by atoms with van der Waals surface area (Å²) >= 11 is 0. The summed E-state index contributed by atoms with van der Waals surface area (Å²) in [5, 5.41) is 2.54. The van der Waals surface area contributed by atoms with Crippen LogP contribution in [0.2, 0.25) is 0 Å². The summed E-state index contributed by atoms with van der Waals surface area (Å²) in [5.41, 5.74) is 0.167. The summed E-state index contributed by atoms with van der Waals surface area (Å²) < 4.78 is 32.5. The average molecular weight is 421 g/mol. The first-order chi connectivity index (χ1) is 13.9. The van der Waals surface area contributed by atoms with Gasteiger partial charge in [0.1, 0.15) is 4.90 Å². The maximum atomic E-state index is 13.1. The number of hydrogen-bond acceptors (Lipinski definition) is 5. The third kappa shape index (κ3) is 6.54. The maximum absolute atomic E-state index is 13.1. The van der Waals surface area contributed by atoms with Crippen molar-refractivity contribution in [3.05, 3.63) is 48.6 Å². The number of carbonyl (C=O) groups excluding carboxylic acids is 2. The van der Waals surface area contributed by atoms with Crippen LogP contribution in [0.25, 0.3) is 0 Å². The Hall–Kier alpha value is -2.45. The fourth-order valence-corrected chi connectivity index (χ4v) is 4.77. The van der Waals surface area contributed by atoms with Crippen molar-refractivity contribution in [3.63, 3.8) is 0 Å². The molecule has 0 spiro atoms. The summed E-state index contributed by atoms with van der Waals surface area (Å²) in [4.78, 5) is 23.7. The molecule has 1 aromatic rings. The minimum atomic E-state index is -3.77. The van der Waals surface area contributed by atoms with Gasteiger partial charge in [0, 0.05) is 19.2 Å².